The molecule has 1 aliphatic rings. The van der Waals surface area contributed by atoms with Gasteiger partial charge in [-0.25, -0.2) is 13.4 Å². The van der Waals surface area contributed by atoms with Crippen molar-refractivity contribution in [3.8, 4) is 0 Å². The van der Waals surface area contributed by atoms with Gasteiger partial charge in [-0.3, -0.25) is 4.79 Å². The largest absolute Gasteiger partial charge is 0.481 e. The van der Waals surface area contributed by atoms with Gasteiger partial charge in [0.25, 0.3) is 0 Å². The highest BCUT2D eigenvalue weighted by molar-refractivity contribution is 7.89. The zero-order chi connectivity index (χ0) is 12.5. The number of imidazole rings is 1. The summed E-state index contributed by atoms with van der Waals surface area (Å²) in [5, 5.41) is 8.50. The van der Waals surface area contributed by atoms with E-state index in [0.29, 0.717) is 18.9 Å². The molecular formula is C9H13N3O4S. The van der Waals surface area contributed by atoms with Gasteiger partial charge in [0.15, 0.2) is 0 Å². The van der Waals surface area contributed by atoms with Crippen molar-refractivity contribution in [2.45, 2.75) is 19.5 Å². The summed E-state index contributed by atoms with van der Waals surface area (Å²) in [6.45, 7) is 1.14. The minimum absolute atomic E-state index is 0.217. The molecular weight excluding hydrogens is 246 g/mol. The normalized spacial score (nSPS) is 16.7. The molecule has 17 heavy (non-hydrogen) atoms. The van der Waals surface area contributed by atoms with E-state index in [-0.39, 0.29) is 18.7 Å². The molecule has 1 aromatic heterocycles. The van der Waals surface area contributed by atoms with Crippen molar-refractivity contribution in [2.75, 3.05) is 12.3 Å². The summed E-state index contributed by atoms with van der Waals surface area (Å²) >= 11 is 0. The molecule has 2 heterocycles. The summed E-state index contributed by atoms with van der Waals surface area (Å²) in [5.41, 5.74) is 0. The number of hydrogen-bond acceptors (Lipinski definition) is 4. The smallest absolute Gasteiger partial charge is 0.304 e. The summed E-state index contributed by atoms with van der Waals surface area (Å²) in [7, 11) is -3.50. The minimum atomic E-state index is -3.50. The molecule has 0 amide bonds. The third-order valence-corrected chi connectivity index (χ3v) is 4.50. The average molecular weight is 259 g/mol. The van der Waals surface area contributed by atoms with Crippen LogP contribution in [0.5, 0.6) is 0 Å². The lowest BCUT2D eigenvalue weighted by atomic mass is 10.4. The Hall–Kier alpha value is -1.41. The van der Waals surface area contributed by atoms with Crippen molar-refractivity contribution in [1.29, 1.82) is 0 Å². The molecule has 0 bridgehead atoms. The topological polar surface area (TPSA) is 92.5 Å². The fourth-order valence-electron chi connectivity index (χ4n) is 1.73. The second kappa shape index (κ2) is 4.46. The number of carboxylic acid groups (broad SMARTS) is 1. The molecule has 0 saturated carbocycles. The highest BCUT2D eigenvalue weighted by atomic mass is 32.2. The van der Waals surface area contributed by atoms with Gasteiger partial charge >= 0.3 is 5.97 Å². The Morgan fingerprint density at radius 2 is 2.24 bits per heavy atom. The SMILES string of the molecule is O=C(O)CCS(=O)(=O)N1CCn2ccnc2C1. The number of nitrogens with zero attached hydrogens (tertiary/aromatic N) is 3. The molecule has 0 aliphatic carbocycles. The molecule has 1 aromatic rings. The average Bonchev–Trinajstić information content (AvgIpc) is 2.73. The number of rotatable bonds is 4. The van der Waals surface area contributed by atoms with Gasteiger partial charge in [-0.1, -0.05) is 0 Å². The Bertz CT molecular complexity index is 522. The molecule has 0 unspecified atom stereocenters. The van der Waals surface area contributed by atoms with Gasteiger partial charge in [-0.2, -0.15) is 4.31 Å². The Kier molecular flexibility index (Phi) is 3.16. The first-order valence-electron chi connectivity index (χ1n) is 5.19. The highest BCUT2D eigenvalue weighted by Crippen LogP contribution is 2.14. The summed E-state index contributed by atoms with van der Waals surface area (Å²) in [6, 6.07) is 0. The van der Waals surface area contributed by atoms with E-state index < -0.39 is 16.0 Å². The van der Waals surface area contributed by atoms with E-state index in [9.17, 15) is 13.2 Å². The van der Waals surface area contributed by atoms with Crippen LogP contribution in [0.3, 0.4) is 0 Å². The quantitative estimate of drug-likeness (QED) is 0.787. The van der Waals surface area contributed by atoms with Gasteiger partial charge in [0.05, 0.1) is 18.7 Å². The molecule has 7 nitrogen and oxygen atoms in total. The molecule has 2 rings (SSSR count). The van der Waals surface area contributed by atoms with Crippen molar-refractivity contribution >= 4 is 16.0 Å². The fraction of sp³-hybridized carbons (Fsp3) is 0.556. The second-order valence-electron chi connectivity index (χ2n) is 3.83. The van der Waals surface area contributed by atoms with Crippen LogP contribution >= 0.6 is 0 Å². The van der Waals surface area contributed by atoms with Crippen LogP contribution in [0.15, 0.2) is 12.4 Å². The van der Waals surface area contributed by atoms with Crippen molar-refractivity contribution in [2.24, 2.45) is 0 Å². The van der Waals surface area contributed by atoms with E-state index in [2.05, 4.69) is 4.98 Å². The third-order valence-electron chi connectivity index (χ3n) is 2.68. The number of aromatic nitrogens is 2. The van der Waals surface area contributed by atoms with Crippen LogP contribution in [-0.2, 0) is 27.9 Å². The predicted octanol–water partition coefficient (Wildman–Crippen LogP) is -0.497. The van der Waals surface area contributed by atoms with Gasteiger partial charge < -0.3 is 9.67 Å². The maximum atomic E-state index is 11.8. The zero-order valence-corrected chi connectivity index (χ0v) is 9.93. The first kappa shape index (κ1) is 12.1. The third kappa shape index (κ3) is 2.64. The molecule has 0 saturated heterocycles. The first-order valence-corrected chi connectivity index (χ1v) is 6.79. The van der Waals surface area contributed by atoms with Crippen LogP contribution in [0, 0.1) is 0 Å². The van der Waals surface area contributed by atoms with Gasteiger partial charge in [-0.05, 0) is 0 Å². The molecule has 94 valence electrons. The number of sulfonamides is 1. The Morgan fingerprint density at radius 1 is 1.47 bits per heavy atom. The maximum Gasteiger partial charge on any atom is 0.304 e. The Labute approximate surface area is 98.7 Å². The highest BCUT2D eigenvalue weighted by Gasteiger charge is 2.27. The van der Waals surface area contributed by atoms with Crippen LogP contribution in [0.1, 0.15) is 12.2 Å². The molecule has 0 radical (unpaired) electrons. The molecule has 1 aliphatic heterocycles. The Balaban J connectivity index is 2.07. The number of hydrogen-bond donors (Lipinski definition) is 1. The lowest BCUT2D eigenvalue weighted by Crippen LogP contribution is -2.39. The van der Waals surface area contributed by atoms with Crippen molar-refractivity contribution in [1.82, 2.24) is 13.9 Å². The standard InChI is InChI=1S/C9H13N3O4S/c13-9(14)1-6-17(15,16)12-5-4-11-3-2-10-8(11)7-12/h2-3H,1,4-7H2,(H,13,14). The van der Waals surface area contributed by atoms with Gasteiger partial charge in [0, 0.05) is 25.5 Å². The maximum absolute atomic E-state index is 11.8. The number of carboxylic acids is 1. The van der Waals surface area contributed by atoms with Crippen LogP contribution in [-0.4, -0.2) is 45.6 Å². The number of fused-ring (bicyclic) bond motifs is 1. The molecule has 0 aromatic carbocycles. The van der Waals surface area contributed by atoms with Crippen LogP contribution in [0.25, 0.3) is 0 Å². The summed E-state index contributed by atoms with van der Waals surface area (Å²) in [4.78, 5) is 14.4. The summed E-state index contributed by atoms with van der Waals surface area (Å²) in [6.07, 6.45) is 3.06. The van der Waals surface area contributed by atoms with E-state index in [1.54, 1.807) is 12.4 Å². The van der Waals surface area contributed by atoms with Crippen LogP contribution < -0.4 is 0 Å². The molecule has 8 heteroatoms. The molecule has 0 fully saturated rings. The van der Waals surface area contributed by atoms with Crippen molar-refractivity contribution in [3.63, 3.8) is 0 Å². The van der Waals surface area contributed by atoms with E-state index in [1.165, 1.54) is 4.31 Å². The van der Waals surface area contributed by atoms with Gasteiger partial charge in [-0.15, -0.1) is 0 Å². The lowest BCUT2D eigenvalue weighted by Gasteiger charge is -2.26. The monoisotopic (exact) mass is 259 g/mol. The lowest BCUT2D eigenvalue weighted by molar-refractivity contribution is -0.136. The number of carbonyl (C=O) groups is 1. The van der Waals surface area contributed by atoms with Crippen molar-refractivity contribution in [3.05, 3.63) is 18.2 Å². The van der Waals surface area contributed by atoms with E-state index in [0.717, 1.165) is 0 Å². The minimum Gasteiger partial charge on any atom is -0.481 e. The molecule has 0 atom stereocenters. The Morgan fingerprint density at radius 3 is 2.94 bits per heavy atom. The van der Waals surface area contributed by atoms with Crippen LogP contribution in [0.4, 0.5) is 0 Å². The molecule has 0 spiro atoms. The predicted molar refractivity (Wildman–Crippen MR) is 58.7 cm³/mol. The van der Waals surface area contributed by atoms with Gasteiger partial charge in [0.2, 0.25) is 10.0 Å². The van der Waals surface area contributed by atoms with E-state index >= 15 is 0 Å². The number of aliphatic carboxylic acids is 1. The van der Waals surface area contributed by atoms with E-state index in [1.807, 2.05) is 4.57 Å². The van der Waals surface area contributed by atoms with Gasteiger partial charge in [0.1, 0.15) is 5.82 Å². The summed E-state index contributed by atoms with van der Waals surface area (Å²) < 4.78 is 26.9. The van der Waals surface area contributed by atoms with Crippen LogP contribution in [0.2, 0.25) is 0 Å². The zero-order valence-electron chi connectivity index (χ0n) is 9.11. The first-order chi connectivity index (χ1) is 7.99. The second-order valence-corrected chi connectivity index (χ2v) is 5.92. The fourth-order valence-corrected chi connectivity index (χ4v) is 3.10. The molecule has 1 N–H and O–H groups in total. The summed E-state index contributed by atoms with van der Waals surface area (Å²) in [5.74, 6) is -0.773. The van der Waals surface area contributed by atoms with Crippen molar-refractivity contribution < 1.29 is 18.3 Å². The van der Waals surface area contributed by atoms with E-state index in [4.69, 9.17) is 5.11 Å².